The molecule has 2 aromatic carbocycles. The monoisotopic (exact) mass is 402 g/mol. The summed E-state index contributed by atoms with van der Waals surface area (Å²) in [5, 5.41) is 0. The average molecular weight is 403 g/mol. The zero-order chi connectivity index (χ0) is 20.1. The number of hydrogen-bond donors (Lipinski definition) is 1. The van der Waals surface area contributed by atoms with Crippen LogP contribution in [0.2, 0.25) is 0 Å². The third-order valence-corrected chi connectivity index (χ3v) is 6.65. The minimum atomic E-state index is -3.63. The van der Waals surface area contributed by atoms with Gasteiger partial charge in [-0.2, -0.15) is 0 Å². The van der Waals surface area contributed by atoms with Crippen molar-refractivity contribution in [3.8, 4) is 5.75 Å². The third kappa shape index (κ3) is 4.86. The van der Waals surface area contributed by atoms with Gasteiger partial charge in [-0.15, -0.1) is 0 Å². The van der Waals surface area contributed by atoms with Crippen LogP contribution in [0.15, 0.2) is 47.4 Å². The summed E-state index contributed by atoms with van der Waals surface area (Å²) < 4.78 is 33.7. The summed E-state index contributed by atoms with van der Waals surface area (Å²) in [5.74, 6) is 1.16. The maximum absolute atomic E-state index is 12.7. The number of hydrogen-bond acceptors (Lipinski definition) is 4. The van der Waals surface area contributed by atoms with Gasteiger partial charge in [0, 0.05) is 18.5 Å². The first kappa shape index (κ1) is 20.7. The number of benzene rings is 2. The van der Waals surface area contributed by atoms with Crippen molar-refractivity contribution in [2.45, 2.75) is 43.9 Å². The molecular formula is C22H30N2O3S. The maximum Gasteiger partial charge on any atom is 0.261 e. The number of likely N-dealkylation sites (tertiary alicyclic amines) is 1. The Labute approximate surface area is 168 Å². The van der Waals surface area contributed by atoms with E-state index >= 15 is 0 Å². The Kier molecular flexibility index (Phi) is 6.62. The highest BCUT2D eigenvalue weighted by atomic mass is 32.2. The summed E-state index contributed by atoms with van der Waals surface area (Å²) in [6.45, 7) is 7.38. The van der Waals surface area contributed by atoms with Crippen molar-refractivity contribution in [2.75, 3.05) is 31.5 Å². The first-order valence-corrected chi connectivity index (χ1v) is 11.4. The van der Waals surface area contributed by atoms with Gasteiger partial charge in [0.1, 0.15) is 5.75 Å². The SMILES string of the molecule is CCCN1CCCC(c2ccc(NS(=O)(=O)c3cccc(C)c3)cc2OC)C1. The summed E-state index contributed by atoms with van der Waals surface area (Å²) in [5.41, 5.74) is 2.58. The van der Waals surface area contributed by atoms with Crippen molar-refractivity contribution in [1.29, 1.82) is 0 Å². The van der Waals surface area contributed by atoms with Crippen LogP contribution in [-0.2, 0) is 10.0 Å². The second-order valence-electron chi connectivity index (χ2n) is 7.52. The number of methoxy groups -OCH3 is 1. The molecule has 0 bridgehead atoms. The van der Waals surface area contributed by atoms with Gasteiger partial charge in [0.05, 0.1) is 17.7 Å². The molecule has 5 nitrogen and oxygen atoms in total. The molecule has 0 amide bonds. The van der Waals surface area contributed by atoms with Crippen LogP contribution < -0.4 is 9.46 Å². The summed E-state index contributed by atoms with van der Waals surface area (Å²) in [6, 6.07) is 12.5. The molecule has 6 heteroatoms. The molecule has 1 aliphatic heterocycles. The van der Waals surface area contributed by atoms with Gasteiger partial charge in [0.25, 0.3) is 10.0 Å². The van der Waals surface area contributed by atoms with Crippen LogP contribution in [0.5, 0.6) is 5.75 Å². The van der Waals surface area contributed by atoms with Crippen LogP contribution in [0, 0.1) is 6.92 Å². The number of anilines is 1. The Morgan fingerprint density at radius 2 is 2.04 bits per heavy atom. The predicted molar refractivity (Wildman–Crippen MR) is 114 cm³/mol. The molecule has 1 aliphatic rings. The number of piperidine rings is 1. The molecule has 0 saturated carbocycles. The van der Waals surface area contributed by atoms with E-state index in [2.05, 4.69) is 16.5 Å². The quantitative estimate of drug-likeness (QED) is 0.746. The molecule has 1 saturated heterocycles. The van der Waals surface area contributed by atoms with E-state index in [0.29, 0.717) is 11.6 Å². The van der Waals surface area contributed by atoms with Gasteiger partial charge < -0.3 is 9.64 Å². The molecule has 3 rings (SSSR count). The third-order valence-electron chi connectivity index (χ3n) is 5.27. The van der Waals surface area contributed by atoms with E-state index in [1.807, 2.05) is 25.1 Å². The minimum absolute atomic E-state index is 0.262. The molecule has 0 radical (unpaired) electrons. The lowest BCUT2D eigenvalue weighted by atomic mass is 9.89. The number of rotatable bonds is 7. The number of sulfonamides is 1. The van der Waals surface area contributed by atoms with E-state index in [1.165, 1.54) is 6.42 Å². The lowest BCUT2D eigenvalue weighted by Gasteiger charge is -2.33. The average Bonchev–Trinajstić information content (AvgIpc) is 2.68. The number of nitrogens with zero attached hydrogens (tertiary/aromatic N) is 1. The first-order valence-electron chi connectivity index (χ1n) is 9.92. The van der Waals surface area contributed by atoms with Gasteiger partial charge in [-0.25, -0.2) is 8.42 Å². The fourth-order valence-corrected chi connectivity index (χ4v) is 5.09. The first-order chi connectivity index (χ1) is 13.4. The molecule has 28 heavy (non-hydrogen) atoms. The van der Waals surface area contributed by atoms with Crippen molar-refractivity contribution in [2.24, 2.45) is 0 Å². The van der Waals surface area contributed by atoms with Gasteiger partial charge in [0.15, 0.2) is 0 Å². The van der Waals surface area contributed by atoms with E-state index in [9.17, 15) is 8.42 Å². The standard InChI is InChI=1S/C22H30N2O3S/c1-4-12-24-13-6-8-18(16-24)21-11-10-19(15-22(21)27-3)23-28(25,26)20-9-5-7-17(2)14-20/h5,7,9-11,14-15,18,23H,4,6,8,12-13,16H2,1-3H3. The molecule has 2 aromatic rings. The Bertz CT molecular complexity index is 910. The van der Waals surface area contributed by atoms with Crippen molar-refractivity contribution in [3.63, 3.8) is 0 Å². The number of nitrogens with one attached hydrogen (secondary N) is 1. The Hall–Kier alpha value is -2.05. The zero-order valence-corrected chi connectivity index (χ0v) is 17.8. The maximum atomic E-state index is 12.7. The summed E-state index contributed by atoms with van der Waals surface area (Å²) >= 11 is 0. The van der Waals surface area contributed by atoms with Crippen molar-refractivity contribution < 1.29 is 13.2 Å². The van der Waals surface area contributed by atoms with Gasteiger partial charge in [0.2, 0.25) is 0 Å². The molecule has 0 spiro atoms. The van der Waals surface area contributed by atoms with Crippen molar-refractivity contribution >= 4 is 15.7 Å². The van der Waals surface area contributed by atoms with Gasteiger partial charge >= 0.3 is 0 Å². The number of aryl methyl sites for hydroxylation is 1. The lowest BCUT2D eigenvalue weighted by molar-refractivity contribution is 0.206. The molecule has 0 aliphatic carbocycles. The second-order valence-corrected chi connectivity index (χ2v) is 9.20. The lowest BCUT2D eigenvalue weighted by Crippen LogP contribution is -2.34. The molecule has 0 aromatic heterocycles. The van der Waals surface area contributed by atoms with Crippen LogP contribution in [0.4, 0.5) is 5.69 Å². The summed E-state index contributed by atoms with van der Waals surface area (Å²) in [6.07, 6.45) is 3.46. The highest BCUT2D eigenvalue weighted by Crippen LogP contribution is 2.35. The Morgan fingerprint density at radius 3 is 2.75 bits per heavy atom. The van der Waals surface area contributed by atoms with E-state index in [-0.39, 0.29) is 4.90 Å². The second kappa shape index (κ2) is 8.97. The normalized spacial score (nSPS) is 18.0. The summed E-state index contributed by atoms with van der Waals surface area (Å²) in [4.78, 5) is 2.76. The van der Waals surface area contributed by atoms with Gasteiger partial charge in [-0.3, -0.25) is 4.72 Å². The van der Waals surface area contributed by atoms with E-state index in [4.69, 9.17) is 4.74 Å². The minimum Gasteiger partial charge on any atom is -0.496 e. The number of ether oxygens (including phenoxy) is 1. The van der Waals surface area contributed by atoms with E-state index < -0.39 is 10.0 Å². The molecule has 1 heterocycles. The summed E-state index contributed by atoms with van der Waals surface area (Å²) in [7, 11) is -1.99. The molecule has 1 unspecified atom stereocenters. The van der Waals surface area contributed by atoms with Crippen LogP contribution in [-0.4, -0.2) is 40.1 Å². The molecule has 1 N–H and O–H groups in total. The van der Waals surface area contributed by atoms with Crippen molar-refractivity contribution in [3.05, 3.63) is 53.6 Å². The van der Waals surface area contributed by atoms with Crippen LogP contribution in [0.3, 0.4) is 0 Å². The highest BCUT2D eigenvalue weighted by molar-refractivity contribution is 7.92. The smallest absolute Gasteiger partial charge is 0.261 e. The van der Waals surface area contributed by atoms with Gasteiger partial charge in [-0.1, -0.05) is 25.1 Å². The van der Waals surface area contributed by atoms with Crippen LogP contribution in [0.1, 0.15) is 43.2 Å². The zero-order valence-electron chi connectivity index (χ0n) is 16.9. The highest BCUT2D eigenvalue weighted by Gasteiger charge is 2.24. The van der Waals surface area contributed by atoms with Crippen molar-refractivity contribution in [1.82, 2.24) is 4.90 Å². The Morgan fingerprint density at radius 1 is 1.21 bits per heavy atom. The van der Waals surface area contributed by atoms with E-state index in [0.717, 1.165) is 49.4 Å². The van der Waals surface area contributed by atoms with Crippen LogP contribution >= 0.6 is 0 Å². The molecule has 1 atom stereocenters. The van der Waals surface area contributed by atoms with E-state index in [1.54, 1.807) is 31.4 Å². The fraction of sp³-hybridized carbons (Fsp3) is 0.455. The van der Waals surface area contributed by atoms with Crippen LogP contribution in [0.25, 0.3) is 0 Å². The molecule has 1 fully saturated rings. The fourth-order valence-electron chi connectivity index (χ4n) is 3.94. The van der Waals surface area contributed by atoms with Gasteiger partial charge in [-0.05, 0) is 68.6 Å². The predicted octanol–water partition coefficient (Wildman–Crippen LogP) is 4.39. The topological polar surface area (TPSA) is 58.6 Å². The molecule has 152 valence electrons. The Balaban J connectivity index is 1.81. The largest absolute Gasteiger partial charge is 0.496 e. The molecular weight excluding hydrogens is 372 g/mol.